The molecule has 1 aromatic carbocycles. The average molecular weight is 222 g/mol. The van der Waals surface area contributed by atoms with E-state index in [-0.39, 0.29) is 5.03 Å². The van der Waals surface area contributed by atoms with Gasteiger partial charge in [-0.1, -0.05) is 30.3 Å². The molecular weight excluding hydrogens is 212 g/mol. The van der Waals surface area contributed by atoms with Crippen molar-refractivity contribution in [3.8, 4) is 11.1 Å². The number of aromatic amines is 1. The van der Waals surface area contributed by atoms with Crippen LogP contribution >= 0.6 is 0 Å². The largest absolute Gasteiger partial charge is 0.351 e. The van der Waals surface area contributed by atoms with Gasteiger partial charge in [-0.25, -0.2) is 13.6 Å². The Hall–Kier alpha value is -1.59. The highest BCUT2D eigenvalue weighted by atomic mass is 32.2. The molecule has 0 radical (unpaired) electrons. The van der Waals surface area contributed by atoms with Gasteiger partial charge in [-0.05, 0) is 11.6 Å². The minimum absolute atomic E-state index is 0.0497. The first kappa shape index (κ1) is 9.95. The third-order valence-electron chi connectivity index (χ3n) is 2.08. The van der Waals surface area contributed by atoms with E-state index in [0.29, 0.717) is 5.56 Å². The highest BCUT2D eigenvalue weighted by Crippen LogP contribution is 2.24. The smallest absolute Gasteiger partial charge is 0.254 e. The van der Waals surface area contributed by atoms with Gasteiger partial charge in [-0.2, -0.15) is 0 Å². The lowest BCUT2D eigenvalue weighted by Crippen LogP contribution is -2.13. The minimum atomic E-state index is -3.69. The van der Waals surface area contributed by atoms with Crippen molar-refractivity contribution in [1.29, 1.82) is 0 Å². The Labute approximate surface area is 87.8 Å². The van der Waals surface area contributed by atoms with E-state index in [1.807, 2.05) is 30.3 Å². The molecule has 2 rings (SSSR count). The van der Waals surface area contributed by atoms with Crippen LogP contribution in [0.15, 0.2) is 47.6 Å². The second kappa shape index (κ2) is 3.52. The number of nitrogens with two attached hydrogens (primary N) is 1. The molecule has 0 bridgehead atoms. The van der Waals surface area contributed by atoms with Crippen molar-refractivity contribution in [2.24, 2.45) is 5.14 Å². The number of benzene rings is 1. The van der Waals surface area contributed by atoms with E-state index in [4.69, 9.17) is 5.14 Å². The fourth-order valence-electron chi connectivity index (χ4n) is 1.43. The normalized spacial score (nSPS) is 11.5. The lowest BCUT2D eigenvalue weighted by Gasteiger charge is -2.01. The van der Waals surface area contributed by atoms with Crippen molar-refractivity contribution >= 4 is 10.0 Å². The first-order valence-corrected chi connectivity index (χ1v) is 5.89. The fourth-order valence-corrected chi connectivity index (χ4v) is 2.16. The zero-order chi connectivity index (χ0) is 10.9. The molecular formula is C10H10N2O2S. The van der Waals surface area contributed by atoms with Gasteiger partial charge in [0.2, 0.25) is 0 Å². The molecule has 0 saturated carbocycles. The number of nitrogens with one attached hydrogen (secondary N) is 1. The first-order valence-electron chi connectivity index (χ1n) is 4.34. The molecule has 5 heteroatoms. The molecule has 1 aromatic heterocycles. The van der Waals surface area contributed by atoms with Gasteiger partial charge in [0.15, 0.2) is 5.03 Å². The molecule has 0 amide bonds. The summed E-state index contributed by atoms with van der Waals surface area (Å²) in [6.45, 7) is 0. The number of aromatic nitrogens is 1. The van der Waals surface area contributed by atoms with Crippen LogP contribution in [0.4, 0.5) is 0 Å². The van der Waals surface area contributed by atoms with Crippen molar-refractivity contribution in [2.45, 2.75) is 5.03 Å². The number of rotatable bonds is 2. The standard InChI is InChI=1S/C10H10N2O2S/c11-15(13,14)10-9(6-7-12-10)8-4-2-1-3-5-8/h1-7,12H,(H2,11,13,14). The van der Waals surface area contributed by atoms with Crippen LogP contribution in [0.25, 0.3) is 11.1 Å². The van der Waals surface area contributed by atoms with Gasteiger partial charge in [0.05, 0.1) is 0 Å². The van der Waals surface area contributed by atoms with E-state index in [1.54, 1.807) is 12.3 Å². The van der Waals surface area contributed by atoms with Crippen LogP contribution in [-0.2, 0) is 10.0 Å². The quantitative estimate of drug-likeness (QED) is 0.804. The number of H-pyrrole nitrogens is 1. The van der Waals surface area contributed by atoms with E-state index in [9.17, 15) is 8.42 Å². The van der Waals surface area contributed by atoms with E-state index in [2.05, 4.69) is 4.98 Å². The Bertz CT molecular complexity index is 558. The molecule has 3 N–H and O–H groups in total. The summed E-state index contributed by atoms with van der Waals surface area (Å²) in [5, 5.41) is 5.13. The van der Waals surface area contributed by atoms with Crippen LogP contribution in [0, 0.1) is 0 Å². The fraction of sp³-hybridized carbons (Fsp3) is 0. The van der Waals surface area contributed by atoms with Crippen molar-refractivity contribution in [3.63, 3.8) is 0 Å². The average Bonchev–Trinajstić information content (AvgIpc) is 2.67. The summed E-state index contributed by atoms with van der Waals surface area (Å²) in [5.74, 6) is 0. The maximum absolute atomic E-state index is 11.2. The summed E-state index contributed by atoms with van der Waals surface area (Å²) < 4.78 is 22.5. The molecule has 2 aromatic rings. The molecule has 0 atom stereocenters. The number of sulfonamides is 1. The zero-order valence-electron chi connectivity index (χ0n) is 7.84. The maximum atomic E-state index is 11.2. The van der Waals surface area contributed by atoms with Crippen molar-refractivity contribution < 1.29 is 8.42 Å². The Balaban J connectivity index is 2.61. The molecule has 0 aliphatic heterocycles. The van der Waals surface area contributed by atoms with E-state index in [0.717, 1.165) is 5.56 Å². The second-order valence-corrected chi connectivity index (χ2v) is 4.63. The van der Waals surface area contributed by atoms with Crippen LogP contribution in [0.3, 0.4) is 0 Å². The lowest BCUT2D eigenvalue weighted by molar-refractivity contribution is 0.595. The SMILES string of the molecule is NS(=O)(=O)c1[nH]ccc1-c1ccccc1. The summed E-state index contributed by atoms with van der Waals surface area (Å²) in [6, 6.07) is 10.9. The second-order valence-electron chi connectivity index (χ2n) is 3.13. The van der Waals surface area contributed by atoms with Crippen LogP contribution in [-0.4, -0.2) is 13.4 Å². The Morgan fingerprint density at radius 3 is 2.33 bits per heavy atom. The zero-order valence-corrected chi connectivity index (χ0v) is 8.66. The molecule has 0 aliphatic rings. The van der Waals surface area contributed by atoms with E-state index < -0.39 is 10.0 Å². The summed E-state index contributed by atoms with van der Waals surface area (Å²) >= 11 is 0. The van der Waals surface area contributed by atoms with Gasteiger partial charge >= 0.3 is 0 Å². The molecule has 1 heterocycles. The van der Waals surface area contributed by atoms with Gasteiger partial charge in [-0.15, -0.1) is 0 Å². The summed E-state index contributed by atoms with van der Waals surface area (Å²) in [5.41, 5.74) is 1.42. The molecule has 78 valence electrons. The summed E-state index contributed by atoms with van der Waals surface area (Å²) in [4.78, 5) is 2.63. The monoisotopic (exact) mass is 222 g/mol. The number of hydrogen-bond donors (Lipinski definition) is 2. The Morgan fingerprint density at radius 2 is 1.73 bits per heavy atom. The highest BCUT2D eigenvalue weighted by molar-refractivity contribution is 7.89. The molecule has 0 spiro atoms. The molecule has 15 heavy (non-hydrogen) atoms. The van der Waals surface area contributed by atoms with Crippen LogP contribution < -0.4 is 5.14 Å². The molecule has 0 fully saturated rings. The van der Waals surface area contributed by atoms with Gasteiger partial charge < -0.3 is 4.98 Å². The van der Waals surface area contributed by atoms with Crippen molar-refractivity contribution in [1.82, 2.24) is 4.98 Å². The minimum Gasteiger partial charge on any atom is -0.351 e. The lowest BCUT2D eigenvalue weighted by atomic mass is 10.1. The van der Waals surface area contributed by atoms with Gasteiger partial charge in [-0.3, -0.25) is 0 Å². The van der Waals surface area contributed by atoms with Crippen LogP contribution in [0.2, 0.25) is 0 Å². The van der Waals surface area contributed by atoms with Crippen LogP contribution in [0.5, 0.6) is 0 Å². The molecule has 4 nitrogen and oxygen atoms in total. The predicted octanol–water partition coefficient (Wildman–Crippen LogP) is 1.33. The Kier molecular flexibility index (Phi) is 2.34. The third kappa shape index (κ3) is 1.93. The summed E-state index contributed by atoms with van der Waals surface area (Å²) in [7, 11) is -3.69. The van der Waals surface area contributed by atoms with E-state index >= 15 is 0 Å². The topological polar surface area (TPSA) is 76.0 Å². The third-order valence-corrected chi connectivity index (χ3v) is 2.99. The van der Waals surface area contributed by atoms with Gasteiger partial charge in [0.1, 0.15) is 0 Å². The molecule has 0 unspecified atom stereocenters. The maximum Gasteiger partial charge on any atom is 0.254 e. The van der Waals surface area contributed by atoms with Crippen molar-refractivity contribution in [2.75, 3.05) is 0 Å². The molecule has 0 aliphatic carbocycles. The number of hydrogen-bond acceptors (Lipinski definition) is 2. The first-order chi connectivity index (χ1) is 7.09. The number of primary sulfonamides is 1. The van der Waals surface area contributed by atoms with Crippen molar-refractivity contribution in [3.05, 3.63) is 42.6 Å². The molecule has 0 saturated heterocycles. The van der Waals surface area contributed by atoms with Gasteiger partial charge in [0.25, 0.3) is 10.0 Å². The summed E-state index contributed by atoms with van der Waals surface area (Å²) in [6.07, 6.45) is 1.56. The Morgan fingerprint density at radius 1 is 1.07 bits per heavy atom. The van der Waals surface area contributed by atoms with Gasteiger partial charge in [0, 0.05) is 11.8 Å². The highest BCUT2D eigenvalue weighted by Gasteiger charge is 2.15. The predicted molar refractivity (Wildman–Crippen MR) is 57.6 cm³/mol. The van der Waals surface area contributed by atoms with E-state index in [1.165, 1.54) is 0 Å². The van der Waals surface area contributed by atoms with Crippen LogP contribution in [0.1, 0.15) is 0 Å².